The van der Waals surface area contributed by atoms with E-state index in [0.717, 1.165) is 16.4 Å². The molecule has 1 aromatic heterocycles. The summed E-state index contributed by atoms with van der Waals surface area (Å²) in [6.45, 7) is 6.08. The zero-order chi connectivity index (χ0) is 31.0. The fraction of sp³-hybridized carbons (Fsp3) is 0.407. The summed E-state index contributed by atoms with van der Waals surface area (Å²) < 4.78 is 80.7. The van der Waals surface area contributed by atoms with Gasteiger partial charge in [0.05, 0.1) is 29.7 Å². The number of amides is 1. The van der Waals surface area contributed by atoms with Gasteiger partial charge >= 0.3 is 0 Å². The van der Waals surface area contributed by atoms with E-state index in [4.69, 9.17) is 9.26 Å². The van der Waals surface area contributed by atoms with Crippen LogP contribution in [-0.2, 0) is 20.0 Å². The van der Waals surface area contributed by atoms with Crippen LogP contribution in [0, 0.1) is 25.6 Å². The molecule has 0 radical (unpaired) electrons. The Bertz CT molecular complexity index is 1660. The SMILES string of the molecule is Cc1noc(C)c1S(=O)(=O)Nc1ccc2c(c1)C(=O)N([C@H](C)CO)C[C@H](C)[C@@H](CN(C)S(=O)(=O)c1ccc(F)cc1)O2. The number of aliphatic hydroxyl groups is 1. The summed E-state index contributed by atoms with van der Waals surface area (Å²) in [7, 11) is -6.74. The van der Waals surface area contributed by atoms with Crippen molar-refractivity contribution in [1.29, 1.82) is 0 Å². The standard InChI is InChI=1S/C27H33FN4O8S2/c1-16-13-32(17(2)15-33)27(34)23-12-21(30-41(35,36)26-18(3)29-40-19(26)4)8-11-24(23)39-25(16)14-31(5)42(37,38)22-9-6-20(28)7-10-22/h6-12,16-17,25,30,33H,13-15H2,1-5H3/t16-,17+,25+/m0/s1. The molecule has 3 aromatic rings. The Kier molecular flexibility index (Phi) is 8.97. The van der Waals surface area contributed by atoms with Gasteiger partial charge in [0.1, 0.15) is 23.4 Å². The normalized spacial score (nSPS) is 18.7. The predicted octanol–water partition coefficient (Wildman–Crippen LogP) is 2.77. The van der Waals surface area contributed by atoms with Crippen LogP contribution in [0.2, 0.25) is 0 Å². The van der Waals surface area contributed by atoms with Gasteiger partial charge in [0.2, 0.25) is 10.0 Å². The van der Waals surface area contributed by atoms with Crippen molar-refractivity contribution in [2.24, 2.45) is 5.92 Å². The van der Waals surface area contributed by atoms with Gasteiger partial charge in [-0.15, -0.1) is 0 Å². The summed E-state index contributed by atoms with van der Waals surface area (Å²) in [5.74, 6) is -1.24. The van der Waals surface area contributed by atoms with Crippen LogP contribution in [0.25, 0.3) is 0 Å². The Labute approximate surface area is 244 Å². The van der Waals surface area contributed by atoms with E-state index in [-0.39, 0.29) is 63.9 Å². The number of halogens is 1. The number of likely N-dealkylation sites (N-methyl/N-ethyl adjacent to an activating group) is 1. The van der Waals surface area contributed by atoms with Crippen molar-refractivity contribution in [3.63, 3.8) is 0 Å². The first kappa shape index (κ1) is 31.4. The molecule has 2 heterocycles. The zero-order valence-corrected chi connectivity index (χ0v) is 25.4. The van der Waals surface area contributed by atoms with Gasteiger partial charge in [0, 0.05) is 25.2 Å². The van der Waals surface area contributed by atoms with Crippen molar-refractivity contribution in [2.45, 2.75) is 49.6 Å². The number of fused-ring (bicyclic) bond motifs is 1. The molecular formula is C27H33FN4O8S2. The summed E-state index contributed by atoms with van der Waals surface area (Å²) in [6.07, 6.45) is -0.754. The predicted molar refractivity (Wildman–Crippen MR) is 151 cm³/mol. The molecule has 0 saturated heterocycles. The second-order valence-electron chi connectivity index (χ2n) is 10.3. The summed E-state index contributed by atoms with van der Waals surface area (Å²) in [4.78, 5) is 14.9. The molecule has 0 aliphatic carbocycles. The average Bonchev–Trinajstić information content (AvgIpc) is 3.28. The summed E-state index contributed by atoms with van der Waals surface area (Å²) in [6, 6.07) is 8.04. The molecule has 0 saturated carbocycles. The Morgan fingerprint density at radius 3 is 2.43 bits per heavy atom. The molecule has 0 bridgehead atoms. The maximum absolute atomic E-state index is 13.7. The lowest BCUT2D eigenvalue weighted by molar-refractivity contribution is 0.0387. The van der Waals surface area contributed by atoms with Crippen molar-refractivity contribution in [3.05, 3.63) is 65.3 Å². The topological polar surface area (TPSA) is 159 Å². The van der Waals surface area contributed by atoms with E-state index in [9.17, 15) is 31.1 Å². The van der Waals surface area contributed by atoms with Gasteiger partial charge in [-0.05, 0) is 63.2 Å². The number of nitrogens with one attached hydrogen (secondary N) is 1. The Morgan fingerprint density at radius 1 is 1.17 bits per heavy atom. The van der Waals surface area contributed by atoms with Crippen LogP contribution in [0.15, 0.2) is 56.8 Å². The number of nitrogens with zero attached hydrogens (tertiary/aromatic N) is 3. The van der Waals surface area contributed by atoms with Gasteiger partial charge in [0.25, 0.3) is 15.9 Å². The summed E-state index contributed by atoms with van der Waals surface area (Å²) in [5.41, 5.74) is 0.267. The lowest BCUT2D eigenvalue weighted by Crippen LogP contribution is -2.50. The number of aryl methyl sites for hydroxylation is 2. The van der Waals surface area contributed by atoms with Crippen LogP contribution in [0.5, 0.6) is 5.75 Å². The molecule has 228 valence electrons. The number of benzene rings is 2. The van der Waals surface area contributed by atoms with Gasteiger partial charge in [-0.25, -0.2) is 21.2 Å². The van der Waals surface area contributed by atoms with Crippen molar-refractivity contribution >= 4 is 31.6 Å². The first-order chi connectivity index (χ1) is 19.6. The molecule has 4 rings (SSSR count). The molecule has 42 heavy (non-hydrogen) atoms. The minimum absolute atomic E-state index is 0.0233. The molecule has 3 atom stereocenters. The van der Waals surface area contributed by atoms with E-state index >= 15 is 0 Å². The Hall–Kier alpha value is -3.53. The molecule has 15 heteroatoms. The number of hydrogen-bond donors (Lipinski definition) is 2. The summed E-state index contributed by atoms with van der Waals surface area (Å²) >= 11 is 0. The van der Waals surface area contributed by atoms with E-state index in [1.807, 2.05) is 0 Å². The second kappa shape index (κ2) is 12.0. The number of aliphatic hydroxyl groups excluding tert-OH is 1. The molecule has 1 aliphatic rings. The van der Waals surface area contributed by atoms with Crippen LogP contribution in [0.3, 0.4) is 0 Å². The fourth-order valence-corrected chi connectivity index (χ4v) is 7.27. The highest BCUT2D eigenvalue weighted by molar-refractivity contribution is 7.92. The fourth-order valence-electron chi connectivity index (χ4n) is 4.71. The zero-order valence-electron chi connectivity index (χ0n) is 23.7. The van der Waals surface area contributed by atoms with E-state index in [1.54, 1.807) is 13.8 Å². The number of ether oxygens (including phenoxy) is 1. The second-order valence-corrected chi connectivity index (χ2v) is 14.0. The average molecular weight is 625 g/mol. The number of carbonyl (C=O) groups excluding carboxylic acids is 1. The quantitative estimate of drug-likeness (QED) is 0.365. The lowest BCUT2D eigenvalue weighted by Gasteiger charge is -2.38. The van der Waals surface area contributed by atoms with Crippen LogP contribution in [0.4, 0.5) is 10.1 Å². The van der Waals surface area contributed by atoms with Crippen molar-refractivity contribution in [2.75, 3.05) is 31.5 Å². The smallest absolute Gasteiger partial charge is 0.267 e. The highest BCUT2D eigenvalue weighted by Crippen LogP contribution is 2.32. The van der Waals surface area contributed by atoms with E-state index in [1.165, 1.54) is 56.1 Å². The maximum Gasteiger partial charge on any atom is 0.267 e. The summed E-state index contributed by atoms with van der Waals surface area (Å²) in [5, 5.41) is 13.6. The van der Waals surface area contributed by atoms with E-state index in [0.29, 0.717) is 0 Å². The Morgan fingerprint density at radius 2 is 1.83 bits per heavy atom. The molecule has 2 N–H and O–H groups in total. The van der Waals surface area contributed by atoms with Crippen molar-refractivity contribution in [1.82, 2.24) is 14.4 Å². The van der Waals surface area contributed by atoms with Crippen molar-refractivity contribution < 1.29 is 40.4 Å². The van der Waals surface area contributed by atoms with Crippen molar-refractivity contribution in [3.8, 4) is 5.75 Å². The third-order valence-electron chi connectivity index (χ3n) is 7.11. The van der Waals surface area contributed by atoms with Gasteiger partial charge in [-0.1, -0.05) is 12.1 Å². The minimum Gasteiger partial charge on any atom is -0.488 e. The van der Waals surface area contributed by atoms with E-state index < -0.39 is 43.9 Å². The molecule has 1 amide bonds. The molecule has 0 spiro atoms. The number of aromatic nitrogens is 1. The monoisotopic (exact) mass is 624 g/mol. The van der Waals surface area contributed by atoms with Gasteiger partial charge in [-0.2, -0.15) is 4.31 Å². The number of hydrogen-bond acceptors (Lipinski definition) is 9. The first-order valence-corrected chi connectivity index (χ1v) is 16.0. The Balaban J connectivity index is 1.69. The number of carbonyl (C=O) groups is 1. The molecule has 1 aliphatic heterocycles. The van der Waals surface area contributed by atoms with Gasteiger partial charge in [0.15, 0.2) is 10.7 Å². The minimum atomic E-state index is -4.12. The van der Waals surface area contributed by atoms with Gasteiger partial charge < -0.3 is 19.3 Å². The molecule has 12 nitrogen and oxygen atoms in total. The molecule has 0 fully saturated rings. The maximum atomic E-state index is 13.7. The van der Waals surface area contributed by atoms with Crippen LogP contribution >= 0.6 is 0 Å². The number of sulfonamides is 2. The third-order valence-corrected chi connectivity index (χ3v) is 10.6. The van der Waals surface area contributed by atoms with Gasteiger partial charge in [-0.3, -0.25) is 9.52 Å². The van der Waals surface area contributed by atoms with Crippen LogP contribution in [-0.4, -0.2) is 81.1 Å². The van der Waals surface area contributed by atoms with Crippen LogP contribution in [0.1, 0.15) is 35.7 Å². The molecular weight excluding hydrogens is 591 g/mol. The first-order valence-electron chi connectivity index (χ1n) is 13.1. The highest BCUT2D eigenvalue weighted by atomic mass is 32.2. The molecule has 2 aromatic carbocycles. The largest absolute Gasteiger partial charge is 0.488 e. The lowest BCUT2D eigenvalue weighted by atomic mass is 9.99. The number of anilines is 1. The van der Waals surface area contributed by atoms with E-state index in [2.05, 4.69) is 9.88 Å². The highest BCUT2D eigenvalue weighted by Gasteiger charge is 2.36. The third kappa shape index (κ3) is 6.28. The number of rotatable bonds is 9. The van der Waals surface area contributed by atoms with Crippen LogP contribution < -0.4 is 9.46 Å². The molecule has 0 unspecified atom stereocenters.